The van der Waals surface area contributed by atoms with E-state index in [-0.39, 0.29) is 23.8 Å². The monoisotopic (exact) mass is 308 g/mol. The van der Waals surface area contributed by atoms with E-state index in [0.29, 0.717) is 18.0 Å². The fourth-order valence-electron chi connectivity index (χ4n) is 1.75. The summed E-state index contributed by atoms with van der Waals surface area (Å²) in [5.74, 6) is -0.574. The van der Waals surface area contributed by atoms with Gasteiger partial charge in [-0.2, -0.15) is 0 Å². The first-order valence-electron chi connectivity index (χ1n) is 7.00. The molecular formula is C15H20N2O5. The molecule has 0 unspecified atom stereocenters. The smallest absolute Gasteiger partial charge is 0.338 e. The van der Waals surface area contributed by atoms with Gasteiger partial charge in [-0.05, 0) is 31.4 Å². The van der Waals surface area contributed by atoms with Crippen LogP contribution in [0.25, 0.3) is 0 Å². The van der Waals surface area contributed by atoms with Gasteiger partial charge in [0, 0.05) is 18.2 Å². The highest BCUT2D eigenvalue weighted by Gasteiger charge is 2.15. The van der Waals surface area contributed by atoms with Crippen LogP contribution in [0.1, 0.15) is 36.2 Å². The van der Waals surface area contributed by atoms with Crippen molar-refractivity contribution in [2.75, 3.05) is 13.2 Å². The molecule has 7 nitrogen and oxygen atoms in total. The van der Waals surface area contributed by atoms with Crippen molar-refractivity contribution >= 4 is 17.6 Å². The molecule has 1 rings (SSSR count). The number of nitro groups is 1. The molecule has 0 fully saturated rings. The van der Waals surface area contributed by atoms with Crippen LogP contribution in [0.5, 0.6) is 0 Å². The summed E-state index contributed by atoms with van der Waals surface area (Å²) in [7, 11) is 0. The minimum absolute atomic E-state index is 0.0667. The Hall–Kier alpha value is -2.44. The van der Waals surface area contributed by atoms with Crippen molar-refractivity contribution in [1.29, 1.82) is 0 Å². The summed E-state index contributed by atoms with van der Waals surface area (Å²) >= 11 is 0. The van der Waals surface area contributed by atoms with E-state index < -0.39 is 10.9 Å². The second-order valence-corrected chi connectivity index (χ2v) is 5.37. The maximum Gasteiger partial charge on any atom is 0.338 e. The Kier molecular flexibility index (Phi) is 6.49. The number of ether oxygens (including phenoxy) is 1. The van der Waals surface area contributed by atoms with Gasteiger partial charge in [-0.1, -0.05) is 13.8 Å². The van der Waals surface area contributed by atoms with Crippen molar-refractivity contribution in [3.63, 3.8) is 0 Å². The van der Waals surface area contributed by atoms with Gasteiger partial charge in [-0.15, -0.1) is 0 Å². The SMILES string of the molecule is Cc1cc(C(=O)OCC(=O)NCCC(C)C)ccc1[N+](=O)[O-]. The molecule has 0 aliphatic rings. The number of hydrogen-bond acceptors (Lipinski definition) is 5. The van der Waals surface area contributed by atoms with Gasteiger partial charge in [0.2, 0.25) is 0 Å². The van der Waals surface area contributed by atoms with Crippen LogP contribution >= 0.6 is 0 Å². The number of esters is 1. The van der Waals surface area contributed by atoms with Crippen molar-refractivity contribution in [2.24, 2.45) is 5.92 Å². The molecule has 22 heavy (non-hydrogen) atoms. The number of nitro benzene ring substituents is 1. The molecule has 1 N–H and O–H groups in total. The summed E-state index contributed by atoms with van der Waals surface area (Å²) < 4.78 is 4.88. The number of hydrogen-bond donors (Lipinski definition) is 1. The maximum atomic E-state index is 11.8. The molecule has 0 bridgehead atoms. The zero-order valence-corrected chi connectivity index (χ0v) is 12.9. The topological polar surface area (TPSA) is 98.5 Å². The van der Waals surface area contributed by atoms with E-state index in [0.717, 1.165) is 6.42 Å². The van der Waals surface area contributed by atoms with Gasteiger partial charge in [-0.25, -0.2) is 4.79 Å². The van der Waals surface area contributed by atoms with Crippen LogP contribution in [0.3, 0.4) is 0 Å². The Bertz CT molecular complexity index is 569. The van der Waals surface area contributed by atoms with E-state index in [2.05, 4.69) is 5.32 Å². The first kappa shape index (κ1) is 17.6. The van der Waals surface area contributed by atoms with Crippen LogP contribution in [0.4, 0.5) is 5.69 Å². The highest BCUT2D eigenvalue weighted by atomic mass is 16.6. The van der Waals surface area contributed by atoms with Crippen molar-refractivity contribution in [3.8, 4) is 0 Å². The molecule has 1 amide bonds. The Balaban J connectivity index is 2.50. The number of nitrogens with zero attached hydrogens (tertiary/aromatic N) is 1. The van der Waals surface area contributed by atoms with Gasteiger partial charge in [0.25, 0.3) is 11.6 Å². The summed E-state index contributed by atoms with van der Waals surface area (Å²) in [4.78, 5) is 33.5. The lowest BCUT2D eigenvalue weighted by molar-refractivity contribution is -0.385. The quantitative estimate of drug-likeness (QED) is 0.473. The van der Waals surface area contributed by atoms with Gasteiger partial charge < -0.3 is 10.1 Å². The molecule has 0 spiro atoms. The summed E-state index contributed by atoms with van der Waals surface area (Å²) in [5, 5.41) is 13.4. The first-order chi connectivity index (χ1) is 10.3. The molecule has 0 aromatic heterocycles. The normalized spacial score (nSPS) is 10.4. The molecular weight excluding hydrogens is 288 g/mol. The standard InChI is InChI=1S/C15H20N2O5/c1-10(2)6-7-16-14(18)9-22-15(19)12-4-5-13(17(20)21)11(3)8-12/h4-5,8,10H,6-7,9H2,1-3H3,(H,16,18). The number of amides is 1. The molecule has 0 saturated heterocycles. The van der Waals surface area contributed by atoms with Crippen LogP contribution in [0, 0.1) is 23.0 Å². The van der Waals surface area contributed by atoms with Gasteiger partial charge in [0.15, 0.2) is 6.61 Å². The van der Waals surface area contributed by atoms with Crippen LogP contribution in [0.15, 0.2) is 18.2 Å². The zero-order chi connectivity index (χ0) is 16.7. The van der Waals surface area contributed by atoms with Gasteiger partial charge in [-0.3, -0.25) is 14.9 Å². The predicted octanol–water partition coefficient (Wildman–Crippen LogP) is 2.22. The lowest BCUT2D eigenvalue weighted by Crippen LogP contribution is -2.30. The highest BCUT2D eigenvalue weighted by molar-refractivity contribution is 5.91. The summed E-state index contributed by atoms with van der Waals surface area (Å²) in [6.07, 6.45) is 0.848. The molecule has 0 aliphatic carbocycles. The van der Waals surface area contributed by atoms with Crippen molar-refractivity contribution in [2.45, 2.75) is 27.2 Å². The molecule has 1 aromatic rings. The van der Waals surface area contributed by atoms with Crippen molar-refractivity contribution in [1.82, 2.24) is 5.32 Å². The Morgan fingerprint density at radius 1 is 1.36 bits per heavy atom. The van der Waals surface area contributed by atoms with E-state index in [1.54, 1.807) is 0 Å². The molecule has 7 heteroatoms. The number of carbonyl (C=O) groups excluding carboxylic acids is 2. The first-order valence-corrected chi connectivity index (χ1v) is 7.00. The second-order valence-electron chi connectivity index (χ2n) is 5.37. The minimum Gasteiger partial charge on any atom is -0.452 e. The summed E-state index contributed by atoms with van der Waals surface area (Å²) in [6, 6.07) is 3.93. The molecule has 0 heterocycles. The number of nitrogens with one attached hydrogen (secondary N) is 1. The fourth-order valence-corrected chi connectivity index (χ4v) is 1.75. The van der Waals surface area contributed by atoms with Gasteiger partial charge >= 0.3 is 5.97 Å². The lowest BCUT2D eigenvalue weighted by atomic mass is 10.1. The Morgan fingerprint density at radius 2 is 2.05 bits per heavy atom. The van der Waals surface area contributed by atoms with Crippen molar-refractivity contribution in [3.05, 3.63) is 39.4 Å². The Labute approximate surface area is 128 Å². The van der Waals surface area contributed by atoms with Crippen LogP contribution in [0.2, 0.25) is 0 Å². The zero-order valence-electron chi connectivity index (χ0n) is 12.9. The molecule has 0 aliphatic heterocycles. The molecule has 120 valence electrons. The average molecular weight is 308 g/mol. The minimum atomic E-state index is -0.683. The summed E-state index contributed by atoms with van der Waals surface area (Å²) in [6.45, 7) is 5.79. The highest BCUT2D eigenvalue weighted by Crippen LogP contribution is 2.19. The van der Waals surface area contributed by atoms with Crippen molar-refractivity contribution < 1.29 is 19.2 Å². The predicted molar refractivity (Wildman–Crippen MR) is 80.6 cm³/mol. The fraction of sp³-hybridized carbons (Fsp3) is 0.467. The van der Waals surface area contributed by atoms with Crippen LogP contribution in [-0.4, -0.2) is 30.0 Å². The van der Waals surface area contributed by atoms with E-state index in [9.17, 15) is 19.7 Å². The van der Waals surface area contributed by atoms with Gasteiger partial charge in [0.05, 0.1) is 10.5 Å². The largest absolute Gasteiger partial charge is 0.452 e. The van der Waals surface area contributed by atoms with Gasteiger partial charge in [0.1, 0.15) is 0 Å². The molecule has 1 aromatic carbocycles. The maximum absolute atomic E-state index is 11.8. The van der Waals surface area contributed by atoms with E-state index in [4.69, 9.17) is 4.74 Å². The van der Waals surface area contributed by atoms with E-state index in [1.807, 2.05) is 13.8 Å². The second kappa shape index (κ2) is 8.11. The molecule has 0 atom stereocenters. The third-order valence-corrected chi connectivity index (χ3v) is 3.01. The number of benzene rings is 1. The Morgan fingerprint density at radius 3 is 2.59 bits per heavy atom. The van der Waals surface area contributed by atoms with E-state index in [1.165, 1.54) is 25.1 Å². The lowest BCUT2D eigenvalue weighted by Gasteiger charge is -2.08. The third kappa shape index (κ3) is 5.51. The van der Waals surface area contributed by atoms with Crippen LogP contribution < -0.4 is 5.32 Å². The number of carbonyl (C=O) groups is 2. The third-order valence-electron chi connectivity index (χ3n) is 3.01. The number of rotatable bonds is 7. The summed E-state index contributed by atoms with van der Waals surface area (Å²) in [5.41, 5.74) is 0.474. The van der Waals surface area contributed by atoms with Crippen LogP contribution in [-0.2, 0) is 9.53 Å². The average Bonchev–Trinajstić information content (AvgIpc) is 2.43. The number of aryl methyl sites for hydroxylation is 1. The molecule has 0 radical (unpaired) electrons. The van der Waals surface area contributed by atoms with E-state index >= 15 is 0 Å². The molecule has 0 saturated carbocycles.